The molecule has 0 aromatic heterocycles. The molecule has 0 aliphatic heterocycles. The standard InChI is InChI=1S/C11H15FO/c1-4-8-5-6-9(7-10(8)12)11(2,3)13/h5-7,13H,4H2,1-3H3. The van der Waals surface area contributed by atoms with E-state index >= 15 is 0 Å². The summed E-state index contributed by atoms with van der Waals surface area (Å²) in [5, 5.41) is 9.61. The lowest BCUT2D eigenvalue weighted by Crippen LogP contribution is -2.15. The molecule has 0 saturated heterocycles. The molecule has 72 valence electrons. The topological polar surface area (TPSA) is 20.2 Å². The lowest BCUT2D eigenvalue weighted by molar-refractivity contribution is 0.0782. The Kier molecular flexibility index (Phi) is 2.71. The van der Waals surface area contributed by atoms with Crippen LogP contribution in [0.25, 0.3) is 0 Å². The summed E-state index contributed by atoms with van der Waals surface area (Å²) in [7, 11) is 0. The molecule has 0 unspecified atom stereocenters. The number of rotatable bonds is 2. The van der Waals surface area contributed by atoms with Gasteiger partial charge in [-0.1, -0.05) is 19.1 Å². The molecule has 0 spiro atoms. The van der Waals surface area contributed by atoms with Gasteiger partial charge < -0.3 is 5.11 Å². The van der Waals surface area contributed by atoms with Crippen LogP contribution in [-0.4, -0.2) is 5.11 Å². The molecule has 1 rings (SSSR count). The van der Waals surface area contributed by atoms with Crippen LogP contribution in [0.5, 0.6) is 0 Å². The van der Waals surface area contributed by atoms with E-state index in [-0.39, 0.29) is 5.82 Å². The summed E-state index contributed by atoms with van der Waals surface area (Å²) in [5.74, 6) is -0.234. The minimum absolute atomic E-state index is 0.234. The molecule has 0 atom stereocenters. The first-order valence-electron chi connectivity index (χ1n) is 4.46. The van der Waals surface area contributed by atoms with Crippen molar-refractivity contribution in [3.8, 4) is 0 Å². The maximum Gasteiger partial charge on any atom is 0.126 e. The van der Waals surface area contributed by atoms with Gasteiger partial charge in [0.15, 0.2) is 0 Å². The second kappa shape index (κ2) is 3.46. The third-order valence-corrected chi connectivity index (χ3v) is 2.14. The van der Waals surface area contributed by atoms with Crippen molar-refractivity contribution in [2.24, 2.45) is 0 Å². The van der Waals surface area contributed by atoms with Gasteiger partial charge in [-0.25, -0.2) is 4.39 Å². The fourth-order valence-electron chi connectivity index (χ4n) is 1.21. The Hall–Kier alpha value is -0.890. The number of halogens is 1. The second-order valence-electron chi connectivity index (χ2n) is 3.72. The highest BCUT2D eigenvalue weighted by atomic mass is 19.1. The number of benzene rings is 1. The fraction of sp³-hybridized carbons (Fsp3) is 0.455. The molecule has 0 radical (unpaired) electrons. The molecular formula is C11H15FO. The van der Waals surface area contributed by atoms with Crippen molar-refractivity contribution in [2.75, 3.05) is 0 Å². The first-order valence-corrected chi connectivity index (χ1v) is 4.46. The summed E-state index contributed by atoms with van der Waals surface area (Å²) in [6.45, 7) is 5.20. The fourth-order valence-corrected chi connectivity index (χ4v) is 1.21. The van der Waals surface area contributed by atoms with Gasteiger partial charge in [0, 0.05) is 0 Å². The van der Waals surface area contributed by atoms with E-state index in [4.69, 9.17) is 0 Å². The van der Waals surface area contributed by atoms with Crippen LogP contribution in [0.4, 0.5) is 4.39 Å². The Morgan fingerprint density at radius 3 is 2.38 bits per heavy atom. The summed E-state index contributed by atoms with van der Waals surface area (Å²) >= 11 is 0. The SMILES string of the molecule is CCc1ccc(C(C)(C)O)cc1F. The van der Waals surface area contributed by atoms with Crippen molar-refractivity contribution in [1.82, 2.24) is 0 Å². The average Bonchev–Trinajstić information content (AvgIpc) is 2.02. The van der Waals surface area contributed by atoms with Crippen LogP contribution in [0.15, 0.2) is 18.2 Å². The molecule has 1 nitrogen and oxygen atoms in total. The Labute approximate surface area is 78.2 Å². The summed E-state index contributed by atoms with van der Waals surface area (Å²) in [5.41, 5.74) is 0.336. The van der Waals surface area contributed by atoms with Gasteiger partial charge in [-0.2, -0.15) is 0 Å². The summed E-state index contributed by atoms with van der Waals surface area (Å²) < 4.78 is 13.3. The quantitative estimate of drug-likeness (QED) is 0.745. The molecular weight excluding hydrogens is 167 g/mol. The maximum absolute atomic E-state index is 13.3. The molecule has 0 aliphatic carbocycles. The predicted octanol–water partition coefficient (Wildman–Crippen LogP) is 2.62. The third-order valence-electron chi connectivity index (χ3n) is 2.14. The van der Waals surface area contributed by atoms with E-state index in [9.17, 15) is 9.50 Å². The highest BCUT2D eigenvalue weighted by Crippen LogP contribution is 2.21. The molecule has 0 aliphatic rings. The van der Waals surface area contributed by atoms with E-state index in [1.54, 1.807) is 26.0 Å². The van der Waals surface area contributed by atoms with Gasteiger partial charge in [0.05, 0.1) is 5.60 Å². The monoisotopic (exact) mass is 182 g/mol. The number of aliphatic hydroxyl groups is 1. The maximum atomic E-state index is 13.3. The van der Waals surface area contributed by atoms with E-state index < -0.39 is 5.60 Å². The number of hydrogen-bond donors (Lipinski definition) is 1. The van der Waals surface area contributed by atoms with Crippen LogP contribution < -0.4 is 0 Å². The van der Waals surface area contributed by atoms with E-state index in [0.717, 1.165) is 0 Å². The zero-order chi connectivity index (χ0) is 10.1. The molecule has 0 fully saturated rings. The van der Waals surface area contributed by atoms with Gasteiger partial charge in [-0.3, -0.25) is 0 Å². The van der Waals surface area contributed by atoms with Gasteiger partial charge in [-0.15, -0.1) is 0 Å². The smallest absolute Gasteiger partial charge is 0.126 e. The van der Waals surface area contributed by atoms with E-state index in [1.807, 2.05) is 6.92 Å². The first kappa shape index (κ1) is 10.2. The van der Waals surface area contributed by atoms with Gasteiger partial charge in [0.25, 0.3) is 0 Å². The molecule has 0 heterocycles. The van der Waals surface area contributed by atoms with Crippen LogP contribution >= 0.6 is 0 Å². The van der Waals surface area contributed by atoms with Crippen molar-refractivity contribution in [1.29, 1.82) is 0 Å². The molecule has 0 amide bonds. The van der Waals surface area contributed by atoms with Crippen LogP contribution in [0.2, 0.25) is 0 Å². The first-order chi connectivity index (χ1) is 5.95. The number of aryl methyl sites for hydroxylation is 1. The molecule has 0 saturated carbocycles. The van der Waals surface area contributed by atoms with Gasteiger partial charge in [-0.05, 0) is 37.5 Å². The Morgan fingerprint density at radius 2 is 2.00 bits per heavy atom. The van der Waals surface area contributed by atoms with Crippen molar-refractivity contribution in [3.05, 3.63) is 35.1 Å². The zero-order valence-electron chi connectivity index (χ0n) is 8.26. The van der Waals surface area contributed by atoms with Crippen molar-refractivity contribution < 1.29 is 9.50 Å². The average molecular weight is 182 g/mol. The Balaban J connectivity index is 3.10. The third kappa shape index (κ3) is 2.28. The normalized spacial score (nSPS) is 11.8. The molecule has 0 bridgehead atoms. The lowest BCUT2D eigenvalue weighted by Gasteiger charge is -2.18. The number of hydrogen-bond acceptors (Lipinski definition) is 1. The summed E-state index contributed by atoms with van der Waals surface area (Å²) in [6, 6.07) is 4.89. The summed E-state index contributed by atoms with van der Waals surface area (Å²) in [6.07, 6.45) is 0.679. The van der Waals surface area contributed by atoms with E-state index in [2.05, 4.69) is 0 Å². The molecule has 2 heteroatoms. The highest BCUT2D eigenvalue weighted by Gasteiger charge is 2.16. The molecule has 13 heavy (non-hydrogen) atoms. The van der Waals surface area contributed by atoms with Gasteiger partial charge in [0.2, 0.25) is 0 Å². The minimum Gasteiger partial charge on any atom is -0.386 e. The molecule has 1 N–H and O–H groups in total. The van der Waals surface area contributed by atoms with E-state index in [0.29, 0.717) is 17.5 Å². The van der Waals surface area contributed by atoms with Crippen molar-refractivity contribution >= 4 is 0 Å². The van der Waals surface area contributed by atoms with Crippen molar-refractivity contribution in [2.45, 2.75) is 32.8 Å². The van der Waals surface area contributed by atoms with Crippen LogP contribution in [-0.2, 0) is 12.0 Å². The van der Waals surface area contributed by atoms with Crippen LogP contribution in [0.1, 0.15) is 31.9 Å². The Morgan fingerprint density at radius 1 is 1.38 bits per heavy atom. The van der Waals surface area contributed by atoms with Gasteiger partial charge >= 0.3 is 0 Å². The second-order valence-corrected chi connectivity index (χ2v) is 3.72. The minimum atomic E-state index is -0.965. The highest BCUT2D eigenvalue weighted by molar-refractivity contribution is 5.27. The predicted molar refractivity (Wildman–Crippen MR) is 51.0 cm³/mol. The van der Waals surface area contributed by atoms with Crippen LogP contribution in [0, 0.1) is 5.82 Å². The van der Waals surface area contributed by atoms with Crippen LogP contribution in [0.3, 0.4) is 0 Å². The molecule has 1 aromatic carbocycles. The largest absolute Gasteiger partial charge is 0.386 e. The lowest BCUT2D eigenvalue weighted by atomic mass is 9.96. The Bertz CT molecular complexity index is 299. The van der Waals surface area contributed by atoms with E-state index in [1.165, 1.54) is 6.07 Å². The zero-order valence-corrected chi connectivity index (χ0v) is 8.26. The van der Waals surface area contributed by atoms with Crippen molar-refractivity contribution in [3.63, 3.8) is 0 Å². The summed E-state index contributed by atoms with van der Waals surface area (Å²) in [4.78, 5) is 0. The van der Waals surface area contributed by atoms with Gasteiger partial charge in [0.1, 0.15) is 5.82 Å². The molecule has 1 aromatic rings.